The van der Waals surface area contributed by atoms with Crippen LogP contribution in [0.2, 0.25) is 0 Å². The maximum atomic E-state index is 12.2. The molecule has 1 N–H and O–H groups in total. The van der Waals surface area contributed by atoms with E-state index < -0.39 is 10.9 Å². The maximum Gasteiger partial charge on any atom is 0.338 e. The van der Waals surface area contributed by atoms with E-state index in [4.69, 9.17) is 9.15 Å². The van der Waals surface area contributed by atoms with Crippen molar-refractivity contribution in [3.05, 3.63) is 64.2 Å². The minimum Gasteiger partial charge on any atom is -0.462 e. The predicted molar refractivity (Wildman–Crippen MR) is 117 cm³/mol. The van der Waals surface area contributed by atoms with Crippen LogP contribution in [-0.2, 0) is 9.53 Å². The van der Waals surface area contributed by atoms with Crippen molar-refractivity contribution in [3.63, 3.8) is 0 Å². The van der Waals surface area contributed by atoms with Crippen LogP contribution in [0.5, 0.6) is 0 Å². The van der Waals surface area contributed by atoms with Crippen LogP contribution >= 0.6 is 11.8 Å². The topological polar surface area (TPSA) is 137 Å². The highest BCUT2D eigenvalue weighted by Gasteiger charge is 2.13. The number of nitro groups is 1. The molecule has 0 radical (unpaired) electrons. The van der Waals surface area contributed by atoms with E-state index in [9.17, 15) is 19.7 Å². The first-order valence-corrected chi connectivity index (χ1v) is 10.7. The summed E-state index contributed by atoms with van der Waals surface area (Å²) in [4.78, 5) is 34.3. The summed E-state index contributed by atoms with van der Waals surface area (Å²) in [6.45, 7) is 2.40. The highest BCUT2D eigenvalue weighted by atomic mass is 32.2. The lowest BCUT2D eigenvalue weighted by atomic mass is 10.2. The Bertz CT molecular complexity index is 1080. The van der Waals surface area contributed by atoms with E-state index in [2.05, 4.69) is 15.5 Å². The van der Waals surface area contributed by atoms with Gasteiger partial charge in [-0.1, -0.05) is 25.1 Å². The highest BCUT2D eigenvalue weighted by molar-refractivity contribution is 7.99. The van der Waals surface area contributed by atoms with Crippen molar-refractivity contribution >= 4 is 35.0 Å². The number of hydrogen-bond donors (Lipinski definition) is 1. The molecule has 166 valence electrons. The number of rotatable bonds is 10. The van der Waals surface area contributed by atoms with Gasteiger partial charge in [0.25, 0.3) is 10.9 Å². The minimum atomic E-state index is -0.496. The molecule has 3 rings (SSSR count). The lowest BCUT2D eigenvalue weighted by molar-refractivity contribution is -0.384. The monoisotopic (exact) mass is 456 g/mol. The Morgan fingerprint density at radius 3 is 2.50 bits per heavy atom. The van der Waals surface area contributed by atoms with Gasteiger partial charge in [-0.25, -0.2) is 4.79 Å². The average Bonchev–Trinajstić information content (AvgIpc) is 3.27. The van der Waals surface area contributed by atoms with Crippen LogP contribution in [-0.4, -0.2) is 39.4 Å². The molecule has 0 bridgehead atoms. The fourth-order valence-corrected chi connectivity index (χ4v) is 3.08. The van der Waals surface area contributed by atoms with Gasteiger partial charge in [-0.3, -0.25) is 14.9 Å². The number of nitro benzene ring substituents is 1. The molecular formula is C21H20N4O6S. The predicted octanol–water partition coefficient (Wildman–Crippen LogP) is 4.33. The Hall–Kier alpha value is -3.73. The molecular weight excluding hydrogens is 436 g/mol. The van der Waals surface area contributed by atoms with Crippen LogP contribution in [0.4, 0.5) is 11.4 Å². The zero-order chi connectivity index (χ0) is 22.9. The lowest BCUT2D eigenvalue weighted by Crippen LogP contribution is -2.14. The number of esters is 1. The van der Waals surface area contributed by atoms with Gasteiger partial charge in [0, 0.05) is 23.4 Å². The Kier molecular flexibility index (Phi) is 7.92. The third-order valence-corrected chi connectivity index (χ3v) is 5.01. The minimum absolute atomic E-state index is 0.0305. The maximum absolute atomic E-state index is 12.2. The molecule has 0 atom stereocenters. The molecule has 0 aliphatic rings. The molecule has 10 nitrogen and oxygen atoms in total. The Morgan fingerprint density at radius 2 is 1.84 bits per heavy atom. The molecule has 3 aromatic rings. The van der Waals surface area contributed by atoms with Crippen LogP contribution in [0.1, 0.15) is 30.1 Å². The number of aromatic nitrogens is 2. The summed E-state index contributed by atoms with van der Waals surface area (Å²) in [7, 11) is 0. The molecule has 1 amide bonds. The number of ether oxygens (including phenoxy) is 1. The molecule has 0 spiro atoms. The number of hydrogen-bond acceptors (Lipinski definition) is 9. The number of nitrogens with one attached hydrogen (secondary N) is 1. The third kappa shape index (κ3) is 6.38. The summed E-state index contributed by atoms with van der Waals surface area (Å²) >= 11 is 1.06. The largest absolute Gasteiger partial charge is 0.462 e. The highest BCUT2D eigenvalue weighted by Crippen LogP contribution is 2.25. The Labute approximate surface area is 187 Å². The van der Waals surface area contributed by atoms with E-state index in [0.717, 1.165) is 24.6 Å². The van der Waals surface area contributed by atoms with E-state index in [1.54, 1.807) is 24.3 Å². The van der Waals surface area contributed by atoms with E-state index in [1.165, 1.54) is 24.3 Å². The van der Waals surface area contributed by atoms with Gasteiger partial charge in [-0.05, 0) is 42.8 Å². The molecule has 11 heteroatoms. The van der Waals surface area contributed by atoms with E-state index >= 15 is 0 Å². The molecule has 0 fully saturated rings. The quantitative estimate of drug-likeness (QED) is 0.155. The summed E-state index contributed by atoms with van der Waals surface area (Å²) < 4.78 is 10.6. The van der Waals surface area contributed by atoms with E-state index in [-0.39, 0.29) is 28.5 Å². The molecule has 1 aromatic heterocycles. The summed E-state index contributed by atoms with van der Waals surface area (Å²) in [6.07, 6.45) is 1.76. The molecule has 0 unspecified atom stereocenters. The first kappa shape index (κ1) is 22.9. The number of amides is 1. The van der Waals surface area contributed by atoms with Crippen molar-refractivity contribution in [3.8, 4) is 11.5 Å². The lowest BCUT2D eigenvalue weighted by Gasteiger charge is -2.06. The van der Waals surface area contributed by atoms with Gasteiger partial charge in [0.2, 0.25) is 11.8 Å². The number of benzene rings is 2. The van der Waals surface area contributed by atoms with Crippen LogP contribution in [0.3, 0.4) is 0 Å². The standard InChI is InChI=1S/C21H20N4O6S/c1-2-3-12-30-20(27)15-4-8-16(9-5-15)22-18(26)13-32-21-24-23-19(31-21)14-6-10-17(11-7-14)25(28)29/h4-11H,2-3,12-13H2,1H3,(H,22,26). The molecule has 0 aliphatic heterocycles. The van der Waals surface area contributed by atoms with Crippen molar-refractivity contribution in [1.82, 2.24) is 10.2 Å². The van der Waals surface area contributed by atoms with Gasteiger partial charge < -0.3 is 14.5 Å². The zero-order valence-corrected chi connectivity index (χ0v) is 18.0. The van der Waals surface area contributed by atoms with Crippen LogP contribution in [0, 0.1) is 10.1 Å². The second-order valence-electron chi connectivity index (χ2n) is 6.58. The van der Waals surface area contributed by atoms with Gasteiger partial charge in [0.05, 0.1) is 22.8 Å². The molecule has 32 heavy (non-hydrogen) atoms. The number of non-ortho nitro benzene ring substituents is 1. The van der Waals surface area contributed by atoms with Gasteiger partial charge >= 0.3 is 5.97 Å². The van der Waals surface area contributed by atoms with Crippen molar-refractivity contribution in [2.75, 3.05) is 17.7 Å². The number of carbonyl (C=O) groups excluding carboxylic acids is 2. The average molecular weight is 456 g/mol. The summed E-state index contributed by atoms with van der Waals surface area (Å²) in [5, 5.41) is 21.4. The SMILES string of the molecule is CCCCOC(=O)c1ccc(NC(=O)CSc2nnc(-c3ccc([N+](=O)[O-])cc3)o2)cc1. The van der Waals surface area contributed by atoms with Crippen LogP contribution < -0.4 is 5.32 Å². The number of carbonyl (C=O) groups is 2. The summed E-state index contributed by atoms with van der Waals surface area (Å²) in [5.41, 5.74) is 1.45. The third-order valence-electron chi connectivity index (χ3n) is 4.19. The number of thioether (sulfide) groups is 1. The fraction of sp³-hybridized carbons (Fsp3) is 0.238. The molecule has 0 saturated carbocycles. The number of unbranched alkanes of at least 4 members (excludes halogenated alkanes) is 1. The first-order valence-electron chi connectivity index (χ1n) is 9.74. The zero-order valence-electron chi connectivity index (χ0n) is 17.1. The van der Waals surface area contributed by atoms with Crippen molar-refractivity contribution < 1.29 is 23.7 Å². The smallest absolute Gasteiger partial charge is 0.338 e. The van der Waals surface area contributed by atoms with Gasteiger partial charge in [-0.2, -0.15) is 0 Å². The van der Waals surface area contributed by atoms with Gasteiger partial charge in [-0.15, -0.1) is 10.2 Å². The van der Waals surface area contributed by atoms with Gasteiger partial charge in [0.15, 0.2) is 0 Å². The van der Waals surface area contributed by atoms with Crippen LogP contribution in [0.15, 0.2) is 58.2 Å². The van der Waals surface area contributed by atoms with Crippen LogP contribution in [0.25, 0.3) is 11.5 Å². The molecule has 0 saturated heterocycles. The number of nitrogens with zero attached hydrogens (tertiary/aromatic N) is 3. The van der Waals surface area contributed by atoms with Crippen molar-refractivity contribution in [1.29, 1.82) is 0 Å². The summed E-state index contributed by atoms with van der Waals surface area (Å²) in [6, 6.07) is 12.1. The fourth-order valence-electron chi connectivity index (χ4n) is 2.52. The second-order valence-corrected chi connectivity index (χ2v) is 7.51. The first-order chi connectivity index (χ1) is 15.5. The Morgan fingerprint density at radius 1 is 1.12 bits per heavy atom. The van der Waals surface area contributed by atoms with E-state index in [1.807, 2.05) is 6.92 Å². The van der Waals surface area contributed by atoms with Crippen molar-refractivity contribution in [2.24, 2.45) is 0 Å². The summed E-state index contributed by atoms with van der Waals surface area (Å²) in [5.74, 6) is -0.456. The van der Waals surface area contributed by atoms with E-state index in [0.29, 0.717) is 23.4 Å². The molecule has 2 aromatic carbocycles. The number of anilines is 1. The van der Waals surface area contributed by atoms with Crippen molar-refractivity contribution in [2.45, 2.75) is 25.0 Å². The Balaban J connectivity index is 1.49. The normalized spacial score (nSPS) is 10.5. The molecule has 0 aliphatic carbocycles. The molecule has 1 heterocycles. The second kappa shape index (κ2) is 11.0. The van der Waals surface area contributed by atoms with Gasteiger partial charge in [0.1, 0.15) is 0 Å².